The molecule has 0 aliphatic heterocycles. The van der Waals surface area contributed by atoms with Crippen LogP contribution >= 0.6 is 66.8 Å². The Labute approximate surface area is 183 Å². The van der Waals surface area contributed by atoms with Gasteiger partial charge < -0.3 is 15.2 Å². The Morgan fingerprint density at radius 3 is 1.72 bits per heavy atom. The summed E-state index contributed by atoms with van der Waals surface area (Å²) in [5, 5.41) is 0.267. The number of nitrogens with two attached hydrogens (primary N) is 1. The van der Waals surface area contributed by atoms with E-state index in [1.807, 2.05) is 0 Å². The van der Waals surface area contributed by atoms with Crippen LogP contribution in [0.15, 0.2) is 3.92 Å². The molecule has 137 valence electrons. The second kappa shape index (κ2) is 13.3. The summed E-state index contributed by atoms with van der Waals surface area (Å²) in [5.74, 6) is -1.07. The van der Waals surface area contributed by atoms with Crippen molar-refractivity contribution in [3.63, 3.8) is 0 Å². The molecule has 2 rings (SSSR count). The minimum atomic E-state index is -0.560. The molecule has 0 amide bonds. The molecule has 2 aromatic heterocycles. The van der Waals surface area contributed by atoms with Gasteiger partial charge in [-0.25, -0.2) is 19.6 Å². The topological polar surface area (TPSA) is 104 Å². The number of halogens is 3. The van der Waals surface area contributed by atoms with Gasteiger partial charge in [-0.2, -0.15) is 0 Å². The van der Waals surface area contributed by atoms with Crippen LogP contribution in [0.25, 0.3) is 0 Å². The molecule has 0 spiro atoms. The molecule has 0 fully saturated rings. The van der Waals surface area contributed by atoms with Crippen LogP contribution in [0.3, 0.4) is 0 Å². The summed E-state index contributed by atoms with van der Waals surface area (Å²) < 4.78 is 10.1. The fraction of sp³-hybridized carbons (Fsp3) is 0.200. The zero-order valence-corrected chi connectivity index (χ0v) is 19.8. The van der Waals surface area contributed by atoms with Crippen molar-refractivity contribution in [1.82, 2.24) is 9.97 Å². The van der Waals surface area contributed by atoms with E-state index in [1.54, 1.807) is 0 Å². The van der Waals surface area contributed by atoms with Crippen molar-refractivity contribution in [1.29, 1.82) is 0 Å². The second-order valence-corrected chi connectivity index (χ2v) is 11.6. The van der Waals surface area contributed by atoms with Crippen molar-refractivity contribution in [2.75, 3.05) is 20.0 Å². The van der Waals surface area contributed by atoms with Gasteiger partial charge >= 0.3 is 51.5 Å². The third-order valence-corrected chi connectivity index (χ3v) is 4.10. The summed E-state index contributed by atoms with van der Waals surface area (Å²) in [6, 6.07) is 0. The molecule has 25 heavy (non-hydrogen) atoms. The van der Waals surface area contributed by atoms with Gasteiger partial charge in [0.2, 0.25) is 0 Å². The Morgan fingerprint density at radius 2 is 1.44 bits per heavy atom. The predicted molar refractivity (Wildman–Crippen MR) is 108 cm³/mol. The van der Waals surface area contributed by atoms with E-state index in [2.05, 4.69) is 63.6 Å². The van der Waals surface area contributed by atoms with E-state index >= 15 is 0 Å². The first kappa shape index (κ1) is 25.1. The summed E-state index contributed by atoms with van der Waals surface area (Å²) in [7, 11) is 13.4. The molecule has 2 aromatic rings. The Morgan fingerprint density at radius 1 is 1.04 bits per heavy atom. The molecule has 0 saturated carbocycles. The van der Waals surface area contributed by atoms with Crippen molar-refractivity contribution in [2.45, 2.75) is 0 Å². The van der Waals surface area contributed by atoms with E-state index in [4.69, 9.17) is 21.4 Å². The predicted octanol–water partition coefficient (Wildman–Crippen LogP) is 1.48. The molecule has 0 aromatic carbocycles. The average Bonchev–Trinajstić information content (AvgIpc) is 3.08. The molecule has 2 heterocycles. The van der Waals surface area contributed by atoms with Gasteiger partial charge in [-0.1, -0.05) is 0 Å². The van der Waals surface area contributed by atoms with Gasteiger partial charge in [0.25, 0.3) is 0 Å². The van der Waals surface area contributed by atoms with Crippen LogP contribution in [0.5, 0.6) is 0 Å². The molecule has 0 aliphatic carbocycles. The zero-order valence-electron chi connectivity index (χ0n) is 12.5. The molecule has 0 saturated heterocycles. The fourth-order valence-electron chi connectivity index (χ4n) is 1.14. The SMILES string of the molecule is [B]c1sc(Br)nc1C(=O)OC.[B]c1sc(N)nc1C(=O)OC.[Br][Cu][Br]. The molecular formula is C10H8B2Br3CuN3O4S2. The van der Waals surface area contributed by atoms with Crippen molar-refractivity contribution < 1.29 is 30.4 Å². The van der Waals surface area contributed by atoms with Crippen LogP contribution in [-0.2, 0) is 20.8 Å². The molecule has 0 bridgehead atoms. The molecule has 15 heteroatoms. The van der Waals surface area contributed by atoms with Gasteiger partial charge in [0.05, 0.1) is 14.2 Å². The molecule has 0 atom stereocenters. The first-order valence-corrected chi connectivity index (χ1v) is 12.7. The molecule has 0 unspecified atom stereocenters. The van der Waals surface area contributed by atoms with E-state index in [0.717, 1.165) is 11.3 Å². The molecule has 4 radical (unpaired) electrons. The zero-order chi connectivity index (χ0) is 19.6. The number of anilines is 1. The number of hydrogen-bond donors (Lipinski definition) is 1. The summed E-state index contributed by atoms with van der Waals surface area (Å²) >= 11 is 12.7. The number of nitrogens with zero attached hydrogens (tertiary/aromatic N) is 2. The van der Waals surface area contributed by atoms with Crippen molar-refractivity contribution in [3.05, 3.63) is 15.3 Å². The number of carbonyl (C=O) groups is 2. The standard InChI is InChI=1S/C5H3BBrNO2S.C5H5BN2O2S.2BrH.Cu/c2*1-10-4(9)2-3(6)11-5(7)8-2;;;/h1H3;1H3,(H2,7,8);2*1H;/q;;;;+2/p-2. The van der Waals surface area contributed by atoms with Gasteiger partial charge in [0.15, 0.2) is 20.4 Å². The normalized spacial score (nSPS) is 9.32. The van der Waals surface area contributed by atoms with Crippen molar-refractivity contribution in [2.24, 2.45) is 0 Å². The number of esters is 2. The second-order valence-electron chi connectivity index (χ2n) is 3.47. The van der Waals surface area contributed by atoms with E-state index < -0.39 is 11.9 Å². The van der Waals surface area contributed by atoms with Crippen molar-refractivity contribution >= 4 is 109 Å². The molecule has 0 aliphatic rings. The quantitative estimate of drug-likeness (QED) is 0.400. The van der Waals surface area contributed by atoms with Gasteiger partial charge in [-0.15, -0.1) is 22.7 Å². The summed E-state index contributed by atoms with van der Waals surface area (Å²) in [4.78, 5) is 29.2. The monoisotopic (exact) mass is 620 g/mol. The number of carbonyl (C=O) groups excluding carboxylic acids is 2. The Balaban J connectivity index is 0.000000399. The van der Waals surface area contributed by atoms with Gasteiger partial charge in [0.1, 0.15) is 15.7 Å². The number of nitrogen functional groups attached to an aromatic ring is 1. The summed E-state index contributed by atoms with van der Waals surface area (Å²) in [5.41, 5.74) is 5.55. The van der Waals surface area contributed by atoms with Crippen LogP contribution in [0.1, 0.15) is 21.0 Å². The van der Waals surface area contributed by atoms with Gasteiger partial charge in [0, 0.05) is 0 Å². The number of aromatic nitrogens is 2. The van der Waals surface area contributed by atoms with Crippen LogP contribution < -0.4 is 15.3 Å². The fourth-order valence-corrected chi connectivity index (χ4v) is 2.97. The number of rotatable bonds is 2. The molecule has 7 nitrogen and oxygen atoms in total. The van der Waals surface area contributed by atoms with E-state index in [1.165, 1.54) is 36.9 Å². The average molecular weight is 623 g/mol. The number of ether oxygens (including phenoxy) is 2. The summed E-state index contributed by atoms with van der Waals surface area (Å²) in [6.07, 6.45) is 0. The van der Waals surface area contributed by atoms with Crippen LogP contribution in [0.4, 0.5) is 5.13 Å². The van der Waals surface area contributed by atoms with Gasteiger partial charge in [-0.3, -0.25) is 0 Å². The van der Waals surface area contributed by atoms with Crippen LogP contribution in [0, 0.1) is 0 Å². The maximum absolute atomic E-state index is 10.9. The number of methoxy groups -OCH3 is 2. The van der Waals surface area contributed by atoms with E-state index in [0.29, 0.717) is 8.69 Å². The van der Waals surface area contributed by atoms with Crippen LogP contribution in [0.2, 0.25) is 0 Å². The first-order chi connectivity index (χ1) is 11.7. The number of hydrogen-bond acceptors (Lipinski definition) is 9. The molecular weight excluding hydrogens is 615 g/mol. The maximum atomic E-state index is 10.9. The van der Waals surface area contributed by atoms with E-state index in [9.17, 15) is 9.59 Å². The Kier molecular flexibility index (Phi) is 13.3. The Bertz CT molecular complexity index is 661. The third-order valence-electron chi connectivity index (χ3n) is 2.05. The Hall–Kier alpha value is 0.0894. The summed E-state index contributed by atoms with van der Waals surface area (Å²) in [6.45, 7) is 0. The number of thiazole rings is 2. The van der Waals surface area contributed by atoms with Crippen molar-refractivity contribution in [3.8, 4) is 0 Å². The van der Waals surface area contributed by atoms with E-state index in [-0.39, 0.29) is 21.3 Å². The third kappa shape index (κ3) is 9.02. The van der Waals surface area contributed by atoms with Gasteiger partial charge in [-0.05, 0) is 25.5 Å². The first-order valence-electron chi connectivity index (χ1n) is 5.63. The van der Waals surface area contributed by atoms with Crippen LogP contribution in [-0.4, -0.2) is 51.8 Å². The minimum absolute atomic E-state index is 0.0926. The molecule has 2 N–H and O–H groups in total.